The lowest BCUT2D eigenvalue weighted by molar-refractivity contribution is 0.306. The number of hydrogen-bond acceptors (Lipinski definition) is 6. The van der Waals surface area contributed by atoms with Crippen molar-refractivity contribution in [1.82, 2.24) is 9.97 Å². The summed E-state index contributed by atoms with van der Waals surface area (Å²) >= 11 is 0. The van der Waals surface area contributed by atoms with Gasteiger partial charge in [-0.25, -0.2) is 4.98 Å². The van der Waals surface area contributed by atoms with Gasteiger partial charge in [-0.2, -0.15) is 8.42 Å². The summed E-state index contributed by atoms with van der Waals surface area (Å²) < 4.78 is 32.0. The van der Waals surface area contributed by atoms with Crippen LogP contribution in [-0.2, 0) is 20.9 Å². The summed E-state index contributed by atoms with van der Waals surface area (Å²) in [5, 5.41) is 0. The molecule has 2 aromatic rings. The van der Waals surface area contributed by atoms with Gasteiger partial charge in [0, 0.05) is 0 Å². The van der Waals surface area contributed by atoms with Gasteiger partial charge in [-0.05, 0) is 25.5 Å². The van der Waals surface area contributed by atoms with E-state index >= 15 is 0 Å². The minimum atomic E-state index is -3.49. The molecule has 0 saturated heterocycles. The maximum Gasteiger partial charge on any atom is 0.264 e. The lowest BCUT2D eigenvalue weighted by atomic mass is 10.1. The fourth-order valence-electron chi connectivity index (χ4n) is 1.66. The fraction of sp³-hybridized carbons (Fsp3) is 0.286. The van der Waals surface area contributed by atoms with E-state index in [0.717, 1.165) is 17.4 Å². The van der Waals surface area contributed by atoms with Gasteiger partial charge in [-0.1, -0.05) is 17.7 Å². The Morgan fingerprint density at radius 1 is 1.14 bits per heavy atom. The molecule has 112 valence electrons. The Morgan fingerprint density at radius 3 is 2.48 bits per heavy atom. The average Bonchev–Trinajstić information content (AvgIpc) is 2.40. The van der Waals surface area contributed by atoms with Crippen LogP contribution < -0.4 is 4.74 Å². The Morgan fingerprint density at radius 2 is 1.90 bits per heavy atom. The molecule has 6 nitrogen and oxygen atoms in total. The molecule has 0 saturated carbocycles. The Labute approximate surface area is 123 Å². The summed E-state index contributed by atoms with van der Waals surface area (Å²) in [5.74, 6) is 1.04. The van der Waals surface area contributed by atoms with Gasteiger partial charge in [0.25, 0.3) is 10.1 Å². The van der Waals surface area contributed by atoms with E-state index in [4.69, 9.17) is 4.74 Å². The van der Waals surface area contributed by atoms with Crippen molar-refractivity contribution in [2.75, 3.05) is 6.26 Å². The maximum absolute atomic E-state index is 10.9. The van der Waals surface area contributed by atoms with Crippen LogP contribution in [0.3, 0.4) is 0 Å². The van der Waals surface area contributed by atoms with Crippen LogP contribution in [0, 0.1) is 13.8 Å². The zero-order chi connectivity index (χ0) is 15.5. The molecule has 0 aliphatic heterocycles. The molecule has 0 amide bonds. The highest BCUT2D eigenvalue weighted by molar-refractivity contribution is 7.85. The third kappa shape index (κ3) is 4.80. The van der Waals surface area contributed by atoms with Crippen molar-refractivity contribution in [3.8, 4) is 11.6 Å². The molecule has 0 aliphatic carbocycles. The molecule has 0 atom stereocenters. The monoisotopic (exact) mass is 308 g/mol. The van der Waals surface area contributed by atoms with E-state index in [9.17, 15) is 8.42 Å². The zero-order valence-electron chi connectivity index (χ0n) is 12.0. The van der Waals surface area contributed by atoms with Crippen LogP contribution >= 0.6 is 0 Å². The topological polar surface area (TPSA) is 78.4 Å². The van der Waals surface area contributed by atoms with Crippen LogP contribution in [0.1, 0.15) is 16.8 Å². The molecule has 21 heavy (non-hydrogen) atoms. The average molecular weight is 308 g/mol. The number of rotatable bonds is 5. The number of ether oxygens (including phenoxy) is 1. The van der Waals surface area contributed by atoms with Crippen molar-refractivity contribution in [3.63, 3.8) is 0 Å². The SMILES string of the molecule is Cc1ccc(Oc2cnc(COS(C)(=O)=O)cn2)c(C)c1. The first-order valence-corrected chi connectivity index (χ1v) is 8.05. The predicted octanol–water partition coefficient (Wildman–Crippen LogP) is 2.36. The first-order valence-electron chi connectivity index (χ1n) is 6.24. The highest BCUT2D eigenvalue weighted by Crippen LogP contribution is 2.23. The molecule has 1 aromatic carbocycles. The van der Waals surface area contributed by atoms with Gasteiger partial charge in [0.1, 0.15) is 12.4 Å². The van der Waals surface area contributed by atoms with E-state index in [-0.39, 0.29) is 6.61 Å². The van der Waals surface area contributed by atoms with Crippen LogP contribution in [0.4, 0.5) is 0 Å². The molecule has 0 unspecified atom stereocenters. The van der Waals surface area contributed by atoms with E-state index in [0.29, 0.717) is 17.3 Å². The number of aromatic nitrogens is 2. The van der Waals surface area contributed by atoms with Gasteiger partial charge in [-0.3, -0.25) is 9.17 Å². The smallest absolute Gasteiger partial charge is 0.264 e. The van der Waals surface area contributed by atoms with Gasteiger partial charge in [0.15, 0.2) is 0 Å². The van der Waals surface area contributed by atoms with Crippen LogP contribution in [0.15, 0.2) is 30.6 Å². The van der Waals surface area contributed by atoms with Crippen molar-refractivity contribution < 1.29 is 17.3 Å². The Hall–Kier alpha value is -1.99. The number of nitrogens with zero attached hydrogens (tertiary/aromatic N) is 2. The number of benzene rings is 1. The van der Waals surface area contributed by atoms with Gasteiger partial charge >= 0.3 is 0 Å². The molecule has 7 heteroatoms. The van der Waals surface area contributed by atoms with E-state index in [1.807, 2.05) is 32.0 Å². The van der Waals surface area contributed by atoms with Crippen LogP contribution in [0.25, 0.3) is 0 Å². The summed E-state index contributed by atoms with van der Waals surface area (Å²) in [5.41, 5.74) is 2.56. The van der Waals surface area contributed by atoms with Crippen LogP contribution in [0.5, 0.6) is 11.6 Å². The van der Waals surface area contributed by atoms with Crippen molar-refractivity contribution in [2.45, 2.75) is 20.5 Å². The molecule has 1 aromatic heterocycles. The second-order valence-corrected chi connectivity index (χ2v) is 6.33. The highest BCUT2D eigenvalue weighted by atomic mass is 32.2. The summed E-state index contributed by atoms with van der Waals surface area (Å²) in [6.07, 6.45) is 3.84. The number of hydrogen-bond donors (Lipinski definition) is 0. The predicted molar refractivity (Wildman–Crippen MR) is 77.7 cm³/mol. The lowest BCUT2D eigenvalue weighted by Gasteiger charge is -2.08. The molecule has 1 heterocycles. The molecule has 0 N–H and O–H groups in total. The third-order valence-corrected chi connectivity index (χ3v) is 3.19. The Balaban J connectivity index is 2.05. The molecular weight excluding hydrogens is 292 g/mol. The molecule has 0 fully saturated rings. The highest BCUT2D eigenvalue weighted by Gasteiger charge is 2.06. The van der Waals surface area contributed by atoms with Gasteiger partial charge < -0.3 is 4.74 Å². The third-order valence-electron chi connectivity index (χ3n) is 2.65. The Bertz CT molecular complexity index is 727. The second-order valence-electron chi connectivity index (χ2n) is 4.68. The molecule has 0 bridgehead atoms. The first kappa shape index (κ1) is 15.4. The summed E-state index contributed by atoms with van der Waals surface area (Å²) in [4.78, 5) is 8.13. The zero-order valence-corrected chi connectivity index (χ0v) is 12.8. The van der Waals surface area contributed by atoms with E-state index < -0.39 is 10.1 Å². The largest absolute Gasteiger partial charge is 0.437 e. The van der Waals surface area contributed by atoms with E-state index in [2.05, 4.69) is 14.2 Å². The lowest BCUT2D eigenvalue weighted by Crippen LogP contribution is -2.04. The summed E-state index contributed by atoms with van der Waals surface area (Å²) in [6.45, 7) is 3.81. The van der Waals surface area contributed by atoms with E-state index in [1.165, 1.54) is 12.4 Å². The number of aryl methyl sites for hydroxylation is 2. The minimum absolute atomic E-state index is 0.143. The van der Waals surface area contributed by atoms with Crippen molar-refractivity contribution in [1.29, 1.82) is 0 Å². The van der Waals surface area contributed by atoms with Crippen LogP contribution in [0.2, 0.25) is 0 Å². The normalized spacial score (nSPS) is 11.4. The van der Waals surface area contributed by atoms with Gasteiger partial charge in [0.2, 0.25) is 5.88 Å². The molecule has 0 aliphatic rings. The second kappa shape index (κ2) is 6.19. The van der Waals surface area contributed by atoms with Gasteiger partial charge in [0.05, 0.1) is 24.3 Å². The van der Waals surface area contributed by atoms with Gasteiger partial charge in [-0.15, -0.1) is 0 Å². The minimum Gasteiger partial charge on any atom is -0.437 e. The molecule has 0 spiro atoms. The van der Waals surface area contributed by atoms with E-state index in [1.54, 1.807) is 0 Å². The van der Waals surface area contributed by atoms with Crippen molar-refractivity contribution in [2.24, 2.45) is 0 Å². The molecular formula is C14H16N2O4S. The van der Waals surface area contributed by atoms with Crippen LogP contribution in [-0.4, -0.2) is 24.6 Å². The molecule has 0 radical (unpaired) electrons. The first-order chi connectivity index (χ1) is 9.83. The summed E-state index contributed by atoms with van der Waals surface area (Å²) in [6, 6.07) is 5.83. The quantitative estimate of drug-likeness (QED) is 0.789. The van der Waals surface area contributed by atoms with Crippen molar-refractivity contribution in [3.05, 3.63) is 47.4 Å². The maximum atomic E-state index is 10.9. The summed E-state index contributed by atoms with van der Waals surface area (Å²) in [7, 11) is -3.49. The Kier molecular flexibility index (Phi) is 4.54. The molecule has 2 rings (SSSR count). The fourth-order valence-corrected chi connectivity index (χ4v) is 2.00. The van der Waals surface area contributed by atoms with Crippen molar-refractivity contribution >= 4 is 10.1 Å². The standard InChI is InChI=1S/C14H16N2O4S/c1-10-4-5-13(11(2)6-10)20-14-8-15-12(7-16-14)9-19-21(3,17)18/h4-8H,9H2,1-3H3.